The van der Waals surface area contributed by atoms with Crippen molar-refractivity contribution < 1.29 is 24.5 Å². The van der Waals surface area contributed by atoms with Gasteiger partial charge >= 0.3 is 5.97 Å². The number of rotatable bonds is 3. The third kappa shape index (κ3) is 9.59. The molecule has 0 spiro atoms. The van der Waals surface area contributed by atoms with Crippen molar-refractivity contribution >= 4 is 5.97 Å². The second-order valence-corrected chi connectivity index (χ2v) is 8.12. The average molecular weight is 421 g/mol. The van der Waals surface area contributed by atoms with Crippen molar-refractivity contribution in [1.82, 2.24) is 0 Å². The van der Waals surface area contributed by atoms with E-state index in [4.69, 9.17) is 9.84 Å². The molecule has 0 aromatic heterocycles. The first-order valence-electron chi connectivity index (χ1n) is 10.5. The van der Waals surface area contributed by atoms with E-state index in [2.05, 4.69) is 38.7 Å². The SMILES string of the molecule is C=CC.C=CC.CC12CCC(CC1)C(C)(C)O2.O=C(OCCO)c1ccccc1O. The minimum atomic E-state index is -0.632. The zero-order valence-corrected chi connectivity index (χ0v) is 19.3. The summed E-state index contributed by atoms with van der Waals surface area (Å²) < 4.78 is 10.7. The molecule has 0 unspecified atom stereocenters. The van der Waals surface area contributed by atoms with Gasteiger partial charge in [0.15, 0.2) is 0 Å². The number of allylic oxidation sites excluding steroid dienone is 2. The van der Waals surface area contributed by atoms with Crippen LogP contribution in [-0.4, -0.2) is 40.6 Å². The lowest BCUT2D eigenvalue weighted by atomic mass is 9.69. The van der Waals surface area contributed by atoms with E-state index >= 15 is 0 Å². The Bertz CT molecular complexity index is 634. The van der Waals surface area contributed by atoms with Crippen LogP contribution in [0.4, 0.5) is 0 Å². The Kier molecular flexibility index (Phi) is 13.0. The van der Waals surface area contributed by atoms with Gasteiger partial charge in [-0.05, 0) is 78.4 Å². The standard InChI is InChI=1S/C10H18O.C9H10O4.2C3H6/c1-9(2)8-4-6-10(3,11-9)7-5-8;10-5-6-13-9(12)7-3-1-2-4-8(7)11;2*1-3-2/h8H,4-7H2,1-3H3;1-4,10-11H,5-6H2;2*3H,1H2,2H3. The molecule has 5 heteroatoms. The summed E-state index contributed by atoms with van der Waals surface area (Å²) >= 11 is 0. The van der Waals surface area contributed by atoms with Crippen LogP contribution in [0.5, 0.6) is 5.75 Å². The lowest BCUT2D eigenvalue weighted by Gasteiger charge is -2.54. The van der Waals surface area contributed by atoms with Crippen molar-refractivity contribution in [3.8, 4) is 5.75 Å². The Balaban J connectivity index is 0.000000448. The first-order chi connectivity index (χ1) is 14.1. The van der Waals surface area contributed by atoms with Crippen molar-refractivity contribution in [2.75, 3.05) is 13.2 Å². The fourth-order valence-electron chi connectivity index (χ4n) is 3.61. The van der Waals surface area contributed by atoms with E-state index in [-0.39, 0.29) is 35.7 Å². The summed E-state index contributed by atoms with van der Waals surface area (Å²) in [6, 6.07) is 6.08. The lowest BCUT2D eigenvalue weighted by molar-refractivity contribution is -0.229. The molecule has 2 saturated heterocycles. The number of carbonyl (C=O) groups excluding carboxylic acids is 1. The minimum Gasteiger partial charge on any atom is -0.507 e. The fourth-order valence-corrected chi connectivity index (χ4v) is 3.61. The summed E-state index contributed by atoms with van der Waals surface area (Å²) in [7, 11) is 0. The van der Waals surface area contributed by atoms with Gasteiger partial charge in [0.2, 0.25) is 0 Å². The Morgan fingerprint density at radius 2 is 1.67 bits per heavy atom. The number of para-hydroxylation sites is 1. The number of ether oxygens (including phenoxy) is 2. The van der Waals surface area contributed by atoms with Gasteiger partial charge in [-0.3, -0.25) is 0 Å². The maximum Gasteiger partial charge on any atom is 0.341 e. The van der Waals surface area contributed by atoms with Gasteiger partial charge in [-0.2, -0.15) is 0 Å². The van der Waals surface area contributed by atoms with E-state index in [0.717, 1.165) is 5.92 Å². The van der Waals surface area contributed by atoms with Gasteiger partial charge in [-0.1, -0.05) is 24.3 Å². The molecule has 0 amide bonds. The summed E-state index contributed by atoms with van der Waals surface area (Å²) in [6.45, 7) is 17.0. The number of hydrogen-bond acceptors (Lipinski definition) is 5. The van der Waals surface area contributed by atoms with Gasteiger partial charge in [-0.15, -0.1) is 13.2 Å². The molecule has 2 N–H and O–H groups in total. The highest BCUT2D eigenvalue weighted by molar-refractivity contribution is 5.92. The number of aromatic hydroxyl groups is 1. The third-order valence-corrected chi connectivity index (χ3v) is 4.98. The van der Waals surface area contributed by atoms with Gasteiger partial charge < -0.3 is 19.7 Å². The van der Waals surface area contributed by atoms with Gasteiger partial charge in [0, 0.05) is 0 Å². The molecule has 2 bridgehead atoms. The van der Waals surface area contributed by atoms with Crippen molar-refractivity contribution in [1.29, 1.82) is 0 Å². The number of aliphatic hydroxyl groups excluding tert-OH is 1. The average Bonchev–Trinajstić information content (AvgIpc) is 2.67. The summed E-state index contributed by atoms with van der Waals surface area (Å²) in [5.74, 6) is 0.0712. The molecule has 2 heterocycles. The Hall–Kier alpha value is -2.11. The van der Waals surface area contributed by atoms with E-state index in [1.807, 2.05) is 13.8 Å². The van der Waals surface area contributed by atoms with Crippen LogP contribution in [0.2, 0.25) is 0 Å². The van der Waals surface area contributed by atoms with Crippen LogP contribution in [0.3, 0.4) is 0 Å². The van der Waals surface area contributed by atoms with Crippen molar-refractivity contribution in [3.63, 3.8) is 0 Å². The van der Waals surface area contributed by atoms with Crippen molar-refractivity contribution in [3.05, 3.63) is 55.1 Å². The predicted octanol–water partition coefficient (Wildman–Crippen LogP) is 5.67. The smallest absolute Gasteiger partial charge is 0.341 e. The van der Waals surface area contributed by atoms with E-state index in [9.17, 15) is 9.90 Å². The number of esters is 1. The molecule has 4 rings (SSSR count). The molecule has 1 aromatic rings. The number of phenols is 1. The number of hydrogen-bond donors (Lipinski definition) is 2. The molecular formula is C25H40O5. The zero-order valence-electron chi connectivity index (χ0n) is 19.3. The zero-order chi connectivity index (χ0) is 23.2. The highest BCUT2D eigenvalue weighted by Gasteiger charge is 2.48. The highest BCUT2D eigenvalue weighted by Crippen LogP contribution is 2.49. The summed E-state index contributed by atoms with van der Waals surface area (Å²) in [5.41, 5.74) is 0.486. The number of fused-ring (bicyclic) bond motifs is 3. The van der Waals surface area contributed by atoms with E-state index in [1.165, 1.54) is 37.8 Å². The fraction of sp³-hybridized carbons (Fsp3) is 0.560. The van der Waals surface area contributed by atoms with Crippen LogP contribution < -0.4 is 0 Å². The predicted molar refractivity (Wildman–Crippen MR) is 123 cm³/mol. The molecule has 30 heavy (non-hydrogen) atoms. The van der Waals surface area contributed by atoms with Gasteiger partial charge in [0.05, 0.1) is 17.8 Å². The molecule has 3 aliphatic rings. The Morgan fingerprint density at radius 1 is 1.17 bits per heavy atom. The molecule has 2 aliphatic heterocycles. The van der Waals surface area contributed by atoms with Gasteiger partial charge in [-0.25, -0.2) is 4.79 Å². The number of aliphatic hydroxyl groups is 1. The molecular weight excluding hydrogens is 380 g/mol. The molecule has 170 valence electrons. The lowest BCUT2D eigenvalue weighted by Crippen LogP contribution is -2.53. The van der Waals surface area contributed by atoms with Gasteiger partial charge in [0.1, 0.15) is 17.9 Å². The van der Waals surface area contributed by atoms with E-state index in [1.54, 1.807) is 24.3 Å². The molecule has 1 aromatic carbocycles. The Morgan fingerprint density at radius 3 is 2.03 bits per heavy atom. The number of phenolic OH excluding ortho intramolecular Hbond substituents is 1. The summed E-state index contributed by atoms with van der Waals surface area (Å²) in [4.78, 5) is 11.1. The minimum absolute atomic E-state index is 0.0623. The quantitative estimate of drug-likeness (QED) is 0.487. The summed E-state index contributed by atoms with van der Waals surface area (Å²) in [5, 5.41) is 17.6. The van der Waals surface area contributed by atoms with Crippen molar-refractivity contribution in [2.45, 2.75) is 71.5 Å². The van der Waals surface area contributed by atoms with Crippen molar-refractivity contribution in [2.24, 2.45) is 5.92 Å². The Labute approximate surface area is 182 Å². The van der Waals surface area contributed by atoms with Crippen LogP contribution in [0.1, 0.15) is 70.7 Å². The number of benzene rings is 1. The number of carbonyl (C=O) groups is 1. The summed E-state index contributed by atoms with van der Waals surface area (Å²) in [6.07, 6.45) is 8.81. The second-order valence-electron chi connectivity index (χ2n) is 8.12. The van der Waals surface area contributed by atoms with Crippen LogP contribution in [0.25, 0.3) is 0 Å². The third-order valence-electron chi connectivity index (χ3n) is 4.98. The van der Waals surface area contributed by atoms with E-state index in [0.29, 0.717) is 0 Å². The molecule has 0 radical (unpaired) electrons. The van der Waals surface area contributed by atoms with E-state index < -0.39 is 5.97 Å². The van der Waals surface area contributed by atoms with Crippen LogP contribution in [0, 0.1) is 5.92 Å². The first-order valence-corrected chi connectivity index (χ1v) is 10.5. The topological polar surface area (TPSA) is 76.0 Å². The van der Waals surface area contributed by atoms with Crippen LogP contribution >= 0.6 is 0 Å². The molecule has 5 nitrogen and oxygen atoms in total. The molecule has 3 fully saturated rings. The largest absolute Gasteiger partial charge is 0.507 e. The highest BCUT2D eigenvalue weighted by atomic mass is 16.5. The monoisotopic (exact) mass is 420 g/mol. The van der Waals surface area contributed by atoms with Crippen LogP contribution in [-0.2, 0) is 9.47 Å². The maximum absolute atomic E-state index is 11.1. The maximum atomic E-state index is 11.1. The van der Waals surface area contributed by atoms with Gasteiger partial charge in [0.25, 0.3) is 0 Å². The molecule has 1 saturated carbocycles. The van der Waals surface area contributed by atoms with Crippen LogP contribution in [0.15, 0.2) is 49.6 Å². The normalized spacial score (nSPS) is 22.5. The molecule has 1 aliphatic carbocycles. The first kappa shape index (κ1) is 27.9. The second kappa shape index (κ2) is 14.0. The molecule has 0 atom stereocenters.